The zero-order valence-electron chi connectivity index (χ0n) is 32.6. The largest absolute Gasteiger partial charge is 0.477 e. The van der Waals surface area contributed by atoms with E-state index in [0.29, 0.717) is 12.8 Å². The van der Waals surface area contributed by atoms with Gasteiger partial charge >= 0.3 is 17.9 Å². The Labute approximate surface area is 306 Å². The van der Waals surface area contributed by atoms with Gasteiger partial charge in [0.25, 0.3) is 0 Å². The Morgan fingerprint density at radius 1 is 0.640 bits per heavy atom. The minimum atomic E-state index is -0.890. The summed E-state index contributed by atoms with van der Waals surface area (Å²) in [7, 11) is 5.48. The van der Waals surface area contributed by atoms with Gasteiger partial charge in [0.1, 0.15) is 6.61 Å². The second kappa shape index (κ2) is 33.4. The molecule has 0 saturated carbocycles. The zero-order chi connectivity index (χ0) is 37.1. The number of esters is 2. The standard InChI is InChI=1S/C42H73NO7/c1-6-8-10-12-14-16-17-18-19-20-21-22-23-25-26-28-30-32-40(44)49-37-38(36-48-35-34-39(42(46)47)43(3,4)5)50-41(45)33-31-29-27-24-15-13-11-9-7-2/h9,11,15,18-19,24,29,31,38-39H,6-8,10,12-14,16-17,20-23,25-28,30,32-37H2,1-5H3/p+1/b11-9+,19-18+,24-15+,31-29+. The highest BCUT2D eigenvalue weighted by molar-refractivity contribution is 5.72. The second-order valence-electron chi connectivity index (χ2n) is 14.2. The van der Waals surface area contributed by atoms with E-state index in [2.05, 4.69) is 50.3 Å². The number of carboxylic acid groups (broad SMARTS) is 1. The molecule has 0 saturated heterocycles. The van der Waals surface area contributed by atoms with Gasteiger partial charge in [-0.2, -0.15) is 0 Å². The summed E-state index contributed by atoms with van der Waals surface area (Å²) >= 11 is 0. The molecular weight excluding hydrogens is 630 g/mol. The first-order valence-electron chi connectivity index (χ1n) is 19.7. The zero-order valence-corrected chi connectivity index (χ0v) is 32.6. The quantitative estimate of drug-likeness (QED) is 0.0308. The van der Waals surface area contributed by atoms with Crippen LogP contribution in [0.3, 0.4) is 0 Å². The maximum atomic E-state index is 12.5. The third-order valence-electron chi connectivity index (χ3n) is 8.50. The number of carboxylic acids is 1. The molecule has 0 aromatic carbocycles. The van der Waals surface area contributed by atoms with Crippen LogP contribution in [0.2, 0.25) is 0 Å². The Hall–Kier alpha value is -2.71. The van der Waals surface area contributed by atoms with Crippen molar-refractivity contribution in [3.05, 3.63) is 48.6 Å². The van der Waals surface area contributed by atoms with Gasteiger partial charge in [-0.3, -0.25) is 9.59 Å². The minimum absolute atomic E-state index is 0.0230. The van der Waals surface area contributed by atoms with Crippen molar-refractivity contribution in [2.45, 2.75) is 161 Å². The maximum Gasteiger partial charge on any atom is 0.362 e. The SMILES string of the molecule is CC/C=C/C/C=C/C/C=C/CC(=O)OC(COCCC(C(=O)O)[N+](C)(C)C)COC(=O)CCCCCCCCC/C=C/CCCCCCCC. The molecule has 0 aromatic rings. The van der Waals surface area contributed by atoms with Crippen molar-refractivity contribution >= 4 is 17.9 Å². The van der Waals surface area contributed by atoms with Crippen LogP contribution in [0.4, 0.5) is 0 Å². The average molecular weight is 705 g/mol. The van der Waals surface area contributed by atoms with Crippen LogP contribution in [-0.4, -0.2) is 80.6 Å². The molecule has 0 aliphatic rings. The van der Waals surface area contributed by atoms with Crippen molar-refractivity contribution < 1.29 is 38.2 Å². The van der Waals surface area contributed by atoms with Gasteiger partial charge in [0, 0.05) is 12.8 Å². The smallest absolute Gasteiger partial charge is 0.362 e. The molecular formula is C42H74NO7+. The van der Waals surface area contributed by atoms with Gasteiger partial charge in [0.2, 0.25) is 0 Å². The van der Waals surface area contributed by atoms with Crippen LogP contribution in [0.15, 0.2) is 48.6 Å². The number of ether oxygens (including phenoxy) is 3. The lowest BCUT2D eigenvalue weighted by molar-refractivity contribution is -0.887. The Bertz CT molecular complexity index is 964. The van der Waals surface area contributed by atoms with Crippen LogP contribution in [0.25, 0.3) is 0 Å². The summed E-state index contributed by atoms with van der Waals surface area (Å²) in [5, 5.41) is 9.57. The number of aliphatic carboxylic acids is 1. The first kappa shape index (κ1) is 47.3. The summed E-state index contributed by atoms with van der Waals surface area (Å²) in [4.78, 5) is 36.7. The molecule has 8 nitrogen and oxygen atoms in total. The Balaban J connectivity index is 4.39. The van der Waals surface area contributed by atoms with E-state index in [1.807, 2.05) is 27.2 Å². The summed E-state index contributed by atoms with van der Waals surface area (Å²) in [6, 6.07) is -0.627. The number of allylic oxidation sites excluding steroid dienone is 7. The van der Waals surface area contributed by atoms with Crippen molar-refractivity contribution in [3.63, 3.8) is 0 Å². The molecule has 2 unspecified atom stereocenters. The van der Waals surface area contributed by atoms with E-state index in [0.717, 1.165) is 38.5 Å². The van der Waals surface area contributed by atoms with Crippen LogP contribution in [0.1, 0.15) is 149 Å². The molecule has 0 rings (SSSR count). The second-order valence-corrected chi connectivity index (χ2v) is 14.2. The molecule has 0 aliphatic heterocycles. The van der Waals surface area contributed by atoms with E-state index in [-0.39, 0.29) is 36.7 Å². The van der Waals surface area contributed by atoms with E-state index >= 15 is 0 Å². The molecule has 288 valence electrons. The lowest BCUT2D eigenvalue weighted by Gasteiger charge is -2.31. The summed E-state index contributed by atoms with van der Waals surface area (Å²) in [6.07, 6.45) is 37.7. The van der Waals surface area contributed by atoms with Gasteiger partial charge in [-0.1, -0.05) is 127 Å². The molecule has 8 heteroatoms. The maximum absolute atomic E-state index is 12.5. The highest BCUT2D eigenvalue weighted by Gasteiger charge is 2.31. The Morgan fingerprint density at radius 2 is 1.18 bits per heavy atom. The molecule has 0 aliphatic carbocycles. The number of quaternary nitrogens is 1. The van der Waals surface area contributed by atoms with Crippen molar-refractivity contribution in [1.29, 1.82) is 0 Å². The number of rotatable bonds is 34. The number of hydrogen-bond donors (Lipinski definition) is 1. The van der Waals surface area contributed by atoms with Gasteiger partial charge < -0.3 is 23.8 Å². The molecule has 0 fully saturated rings. The number of unbranched alkanes of at least 4 members (excludes halogenated alkanes) is 13. The molecule has 0 heterocycles. The lowest BCUT2D eigenvalue weighted by Crippen LogP contribution is -2.50. The Morgan fingerprint density at radius 3 is 1.74 bits per heavy atom. The number of carbonyl (C=O) groups excluding carboxylic acids is 2. The van der Waals surface area contributed by atoms with E-state index in [4.69, 9.17) is 14.2 Å². The van der Waals surface area contributed by atoms with Crippen molar-refractivity contribution in [2.75, 3.05) is 41.0 Å². The summed E-state index contributed by atoms with van der Waals surface area (Å²) < 4.78 is 17.0. The predicted octanol–water partition coefficient (Wildman–Crippen LogP) is 10.1. The van der Waals surface area contributed by atoms with Gasteiger partial charge in [0.15, 0.2) is 12.1 Å². The fourth-order valence-corrected chi connectivity index (χ4v) is 5.44. The molecule has 0 spiro atoms. The van der Waals surface area contributed by atoms with Gasteiger partial charge in [-0.15, -0.1) is 0 Å². The van der Waals surface area contributed by atoms with Crippen LogP contribution < -0.4 is 0 Å². The van der Waals surface area contributed by atoms with Gasteiger partial charge in [0.05, 0.1) is 40.8 Å². The number of likely N-dealkylation sites (N-methyl/N-ethyl adjacent to an activating group) is 1. The fraction of sp³-hybridized carbons (Fsp3) is 0.738. The van der Waals surface area contributed by atoms with E-state index in [1.165, 1.54) is 77.0 Å². The highest BCUT2D eigenvalue weighted by Crippen LogP contribution is 2.13. The lowest BCUT2D eigenvalue weighted by atomic mass is 10.1. The van der Waals surface area contributed by atoms with Gasteiger partial charge in [-0.05, 0) is 51.4 Å². The van der Waals surface area contributed by atoms with E-state index < -0.39 is 24.1 Å². The van der Waals surface area contributed by atoms with Crippen LogP contribution >= 0.6 is 0 Å². The van der Waals surface area contributed by atoms with Crippen molar-refractivity contribution in [1.82, 2.24) is 0 Å². The molecule has 1 N–H and O–H groups in total. The molecule has 0 radical (unpaired) electrons. The topological polar surface area (TPSA) is 99.1 Å². The molecule has 0 aromatic heterocycles. The third kappa shape index (κ3) is 31.3. The molecule has 0 amide bonds. The first-order chi connectivity index (χ1) is 24.1. The van der Waals surface area contributed by atoms with Crippen LogP contribution in [0.5, 0.6) is 0 Å². The van der Waals surface area contributed by atoms with Crippen molar-refractivity contribution in [3.8, 4) is 0 Å². The monoisotopic (exact) mass is 705 g/mol. The summed E-state index contributed by atoms with van der Waals surface area (Å²) in [5.41, 5.74) is 0. The predicted molar refractivity (Wildman–Crippen MR) is 206 cm³/mol. The third-order valence-corrected chi connectivity index (χ3v) is 8.50. The summed E-state index contributed by atoms with van der Waals surface area (Å²) in [5.74, 6) is -1.63. The molecule has 50 heavy (non-hydrogen) atoms. The van der Waals surface area contributed by atoms with Crippen LogP contribution in [0, 0.1) is 0 Å². The summed E-state index contributed by atoms with van der Waals surface area (Å²) in [6.45, 7) is 4.48. The highest BCUT2D eigenvalue weighted by atomic mass is 16.6. The van der Waals surface area contributed by atoms with E-state index in [1.54, 1.807) is 6.08 Å². The van der Waals surface area contributed by atoms with Crippen molar-refractivity contribution in [2.24, 2.45) is 0 Å². The number of hydrogen-bond acceptors (Lipinski definition) is 6. The van der Waals surface area contributed by atoms with Crippen LogP contribution in [-0.2, 0) is 28.6 Å². The number of nitrogens with zero attached hydrogens (tertiary/aromatic N) is 1. The average Bonchev–Trinajstić information content (AvgIpc) is 3.06. The molecule has 2 atom stereocenters. The van der Waals surface area contributed by atoms with Gasteiger partial charge in [-0.25, -0.2) is 4.79 Å². The Kier molecular flexibility index (Phi) is 31.6. The fourth-order valence-electron chi connectivity index (χ4n) is 5.44. The number of carbonyl (C=O) groups is 3. The minimum Gasteiger partial charge on any atom is -0.477 e. The normalized spacial score (nSPS) is 13.5. The first-order valence-corrected chi connectivity index (χ1v) is 19.7. The molecule has 0 bridgehead atoms. The van der Waals surface area contributed by atoms with E-state index in [9.17, 15) is 19.5 Å².